The maximum absolute atomic E-state index is 10.7. The Morgan fingerprint density at radius 1 is 1.00 bits per heavy atom. The molecule has 1 heterocycles. The molecule has 5 nitrogen and oxygen atoms in total. The zero-order valence-electron chi connectivity index (χ0n) is 10.0. The average Bonchev–Trinajstić information content (AvgIpc) is 2.29. The lowest BCUT2D eigenvalue weighted by Gasteiger charge is -1.99. The summed E-state index contributed by atoms with van der Waals surface area (Å²) in [7, 11) is 0. The van der Waals surface area contributed by atoms with Gasteiger partial charge in [0.25, 0.3) is 0 Å². The highest BCUT2D eigenvalue weighted by Gasteiger charge is 2.03. The molecule has 0 aliphatic rings. The lowest BCUT2D eigenvalue weighted by atomic mass is 10.2. The molecule has 0 bridgehead atoms. The summed E-state index contributed by atoms with van der Waals surface area (Å²) in [4.78, 5) is 25.5. The highest BCUT2D eigenvalue weighted by molar-refractivity contribution is 5.92. The molecule has 0 aromatic carbocycles. The SMILES string of the molecule is C/C(=C\c1cccc(/C=C(\C)C(=O)O)n1)C(=O)O. The zero-order valence-corrected chi connectivity index (χ0v) is 10.0. The summed E-state index contributed by atoms with van der Waals surface area (Å²) in [6.45, 7) is 2.93. The summed E-state index contributed by atoms with van der Waals surface area (Å²) in [6, 6.07) is 4.99. The molecule has 0 atom stereocenters. The van der Waals surface area contributed by atoms with Crippen molar-refractivity contribution in [3.63, 3.8) is 0 Å². The lowest BCUT2D eigenvalue weighted by molar-refractivity contribution is -0.133. The number of aliphatic carboxylic acids is 2. The molecule has 1 aromatic heterocycles. The molecular weight excluding hydrogens is 234 g/mol. The zero-order chi connectivity index (χ0) is 13.7. The van der Waals surface area contributed by atoms with Crippen LogP contribution in [0.25, 0.3) is 12.2 Å². The Bertz CT molecular complexity index is 498. The van der Waals surface area contributed by atoms with Crippen molar-refractivity contribution in [2.45, 2.75) is 13.8 Å². The third-order valence-corrected chi connectivity index (χ3v) is 2.20. The van der Waals surface area contributed by atoms with Gasteiger partial charge in [-0.15, -0.1) is 0 Å². The van der Waals surface area contributed by atoms with Crippen molar-refractivity contribution in [2.24, 2.45) is 0 Å². The highest BCUT2D eigenvalue weighted by Crippen LogP contribution is 2.09. The van der Waals surface area contributed by atoms with Crippen molar-refractivity contribution in [1.82, 2.24) is 4.98 Å². The van der Waals surface area contributed by atoms with Gasteiger partial charge in [0, 0.05) is 11.1 Å². The molecular formula is C13H13NO4. The van der Waals surface area contributed by atoms with Gasteiger partial charge in [-0.2, -0.15) is 0 Å². The fourth-order valence-electron chi connectivity index (χ4n) is 1.20. The second-order valence-electron chi connectivity index (χ2n) is 3.75. The Balaban J connectivity index is 3.07. The summed E-state index contributed by atoms with van der Waals surface area (Å²) >= 11 is 0. The van der Waals surface area contributed by atoms with Crippen molar-refractivity contribution >= 4 is 24.1 Å². The maximum atomic E-state index is 10.7. The van der Waals surface area contributed by atoms with Crippen LogP contribution < -0.4 is 0 Å². The van der Waals surface area contributed by atoms with Crippen LogP contribution in [0.3, 0.4) is 0 Å². The van der Waals surface area contributed by atoms with Crippen LogP contribution in [0.4, 0.5) is 0 Å². The van der Waals surface area contributed by atoms with Crippen molar-refractivity contribution in [1.29, 1.82) is 0 Å². The summed E-state index contributed by atoms with van der Waals surface area (Å²) in [5, 5.41) is 17.5. The van der Waals surface area contributed by atoms with Gasteiger partial charge in [-0.25, -0.2) is 14.6 Å². The van der Waals surface area contributed by atoms with Crippen LogP contribution in [-0.2, 0) is 9.59 Å². The minimum absolute atomic E-state index is 0.165. The Hall–Kier alpha value is -2.43. The van der Waals surface area contributed by atoms with E-state index in [9.17, 15) is 9.59 Å². The number of carboxylic acid groups (broad SMARTS) is 2. The van der Waals surface area contributed by atoms with Crippen molar-refractivity contribution in [2.75, 3.05) is 0 Å². The normalized spacial score (nSPS) is 12.3. The van der Waals surface area contributed by atoms with E-state index in [2.05, 4.69) is 4.98 Å². The minimum atomic E-state index is -1.01. The fraction of sp³-hybridized carbons (Fsp3) is 0.154. The predicted molar refractivity (Wildman–Crippen MR) is 66.8 cm³/mol. The largest absolute Gasteiger partial charge is 0.478 e. The van der Waals surface area contributed by atoms with Crippen molar-refractivity contribution in [3.8, 4) is 0 Å². The van der Waals surface area contributed by atoms with Gasteiger partial charge >= 0.3 is 11.9 Å². The number of hydrogen-bond donors (Lipinski definition) is 2. The van der Waals surface area contributed by atoms with E-state index >= 15 is 0 Å². The third-order valence-electron chi connectivity index (χ3n) is 2.20. The molecule has 0 unspecified atom stereocenters. The van der Waals surface area contributed by atoms with Gasteiger partial charge in [-0.1, -0.05) is 6.07 Å². The number of carboxylic acids is 2. The van der Waals surface area contributed by atoms with Crippen LogP contribution in [0.1, 0.15) is 25.2 Å². The Morgan fingerprint density at radius 3 is 1.72 bits per heavy atom. The molecule has 0 radical (unpaired) electrons. The quantitative estimate of drug-likeness (QED) is 0.795. The van der Waals surface area contributed by atoms with E-state index in [0.29, 0.717) is 11.4 Å². The third kappa shape index (κ3) is 3.86. The van der Waals surface area contributed by atoms with Crippen LogP contribution in [0.2, 0.25) is 0 Å². The van der Waals surface area contributed by atoms with Gasteiger partial charge in [-0.3, -0.25) is 0 Å². The molecule has 0 fully saturated rings. The molecule has 5 heteroatoms. The Kier molecular flexibility index (Phi) is 4.37. The molecule has 0 aliphatic carbocycles. The molecule has 0 spiro atoms. The van der Waals surface area contributed by atoms with Crippen LogP contribution >= 0.6 is 0 Å². The number of rotatable bonds is 4. The van der Waals surface area contributed by atoms with Gasteiger partial charge in [-0.05, 0) is 38.1 Å². The Morgan fingerprint density at radius 2 is 1.39 bits per heavy atom. The molecule has 94 valence electrons. The monoisotopic (exact) mass is 247 g/mol. The van der Waals surface area contributed by atoms with E-state index in [4.69, 9.17) is 10.2 Å². The number of carbonyl (C=O) groups is 2. The van der Waals surface area contributed by atoms with Crippen LogP contribution in [0, 0.1) is 0 Å². The first-order chi connectivity index (χ1) is 8.40. The van der Waals surface area contributed by atoms with Gasteiger partial charge in [0.05, 0.1) is 11.4 Å². The van der Waals surface area contributed by atoms with Crippen LogP contribution in [0.5, 0.6) is 0 Å². The van der Waals surface area contributed by atoms with E-state index in [1.54, 1.807) is 18.2 Å². The molecule has 0 saturated carbocycles. The molecule has 0 saturated heterocycles. The molecule has 1 aromatic rings. The molecule has 18 heavy (non-hydrogen) atoms. The van der Waals surface area contributed by atoms with Gasteiger partial charge in [0.2, 0.25) is 0 Å². The van der Waals surface area contributed by atoms with E-state index in [1.807, 2.05) is 0 Å². The standard InChI is InChI=1S/C13H13NO4/c1-8(12(15)16)6-10-4-3-5-11(14-10)7-9(2)13(17)18/h3-7H,1-2H3,(H,15,16)(H,17,18)/b8-6+,9-7+. The number of pyridine rings is 1. The fourth-order valence-corrected chi connectivity index (χ4v) is 1.20. The topological polar surface area (TPSA) is 87.5 Å². The van der Waals surface area contributed by atoms with Crippen molar-refractivity contribution < 1.29 is 19.8 Å². The van der Waals surface area contributed by atoms with E-state index in [-0.39, 0.29) is 11.1 Å². The summed E-state index contributed by atoms with van der Waals surface area (Å²) in [5.74, 6) is -2.03. The van der Waals surface area contributed by atoms with Crippen molar-refractivity contribution in [3.05, 3.63) is 40.7 Å². The smallest absolute Gasteiger partial charge is 0.331 e. The summed E-state index contributed by atoms with van der Waals surface area (Å²) < 4.78 is 0. The van der Waals surface area contributed by atoms with Gasteiger partial charge < -0.3 is 10.2 Å². The average molecular weight is 247 g/mol. The first-order valence-electron chi connectivity index (χ1n) is 5.20. The predicted octanol–water partition coefficient (Wildman–Crippen LogP) is 2.06. The lowest BCUT2D eigenvalue weighted by Crippen LogP contribution is -1.98. The van der Waals surface area contributed by atoms with Gasteiger partial charge in [0.15, 0.2) is 0 Å². The highest BCUT2D eigenvalue weighted by atomic mass is 16.4. The second kappa shape index (κ2) is 5.77. The minimum Gasteiger partial charge on any atom is -0.478 e. The molecule has 0 amide bonds. The maximum Gasteiger partial charge on any atom is 0.331 e. The van der Waals surface area contributed by atoms with E-state index in [0.717, 1.165) is 0 Å². The molecule has 1 rings (SSSR count). The summed E-state index contributed by atoms with van der Waals surface area (Å²) in [5.41, 5.74) is 1.28. The van der Waals surface area contributed by atoms with Gasteiger partial charge in [0.1, 0.15) is 0 Å². The number of hydrogen-bond acceptors (Lipinski definition) is 3. The van der Waals surface area contributed by atoms with Crippen LogP contribution in [0.15, 0.2) is 29.3 Å². The van der Waals surface area contributed by atoms with E-state index < -0.39 is 11.9 Å². The molecule has 0 aliphatic heterocycles. The first kappa shape index (κ1) is 13.6. The van der Waals surface area contributed by atoms with E-state index in [1.165, 1.54) is 26.0 Å². The first-order valence-corrected chi connectivity index (χ1v) is 5.20. The summed E-state index contributed by atoms with van der Waals surface area (Å²) in [6.07, 6.45) is 2.85. The number of nitrogens with zero attached hydrogens (tertiary/aromatic N) is 1. The number of aromatic nitrogens is 1. The second-order valence-corrected chi connectivity index (χ2v) is 3.75. The Labute approximate surface area is 104 Å². The molecule has 2 N–H and O–H groups in total. The van der Waals surface area contributed by atoms with Crippen LogP contribution in [-0.4, -0.2) is 27.1 Å².